The number of carboxylic acid groups (broad SMARTS) is 1. The fourth-order valence-electron chi connectivity index (χ4n) is 6.24. The topological polar surface area (TPSA) is 192 Å². The first kappa shape index (κ1) is 28.4. The zero-order valence-electron chi connectivity index (χ0n) is 22.6. The summed E-state index contributed by atoms with van der Waals surface area (Å²) in [6.45, 7) is 8.56. The maximum Gasteiger partial charge on any atom is 0.353 e. The number of aliphatic carboxylic acids is 1. The summed E-state index contributed by atoms with van der Waals surface area (Å²) in [5, 5.41) is 26.9. The number of hydrogen-bond acceptors (Lipinski definition) is 11. The number of tetrazole rings is 1. The lowest BCUT2D eigenvalue weighted by Crippen LogP contribution is -2.66. The first-order valence-electron chi connectivity index (χ1n) is 13.6. The minimum atomic E-state index is -1.15. The van der Waals surface area contributed by atoms with Crippen LogP contribution >= 0.6 is 11.8 Å². The molecular formula is C24H36N10O5S. The number of nitrogens with one attached hydrogen (secondary N) is 2. The highest BCUT2D eigenvalue weighted by Crippen LogP contribution is 2.51. The molecule has 40 heavy (non-hydrogen) atoms. The van der Waals surface area contributed by atoms with Crippen molar-refractivity contribution in [3.63, 3.8) is 0 Å². The Hall–Kier alpha value is -3.08. The summed E-state index contributed by atoms with van der Waals surface area (Å²) in [5.74, 6) is -2.49. The zero-order valence-corrected chi connectivity index (χ0v) is 23.4. The van der Waals surface area contributed by atoms with Crippen molar-refractivity contribution in [2.75, 3.05) is 45.8 Å². The number of amides is 3. The molecule has 0 radical (unpaired) electrons. The maximum absolute atomic E-state index is 13.2. The van der Waals surface area contributed by atoms with Gasteiger partial charge in [0.25, 0.3) is 0 Å². The molecule has 0 aromatic carbocycles. The third-order valence-electron chi connectivity index (χ3n) is 8.23. The van der Waals surface area contributed by atoms with E-state index >= 15 is 0 Å². The number of fused-ring (bicyclic) bond motifs is 1. The first-order chi connectivity index (χ1) is 19.2. The molecule has 16 heteroatoms. The number of carboxylic acids is 1. The van der Waals surface area contributed by atoms with Gasteiger partial charge in [-0.1, -0.05) is 6.92 Å². The zero-order chi connectivity index (χ0) is 28.6. The maximum atomic E-state index is 13.2. The lowest BCUT2D eigenvalue weighted by atomic mass is 9.78. The van der Waals surface area contributed by atoms with Crippen molar-refractivity contribution in [1.29, 1.82) is 0 Å². The number of thioether (sulfide) groups is 1. The van der Waals surface area contributed by atoms with Gasteiger partial charge in [-0.05, 0) is 23.8 Å². The quantitative estimate of drug-likeness (QED) is 0.215. The number of carbonyl (C=O) groups excluding carboxylic acids is 3. The van der Waals surface area contributed by atoms with E-state index in [1.54, 1.807) is 6.92 Å². The molecule has 5 unspecified atom stereocenters. The fourth-order valence-corrected chi connectivity index (χ4v) is 7.72. The van der Waals surface area contributed by atoms with Crippen LogP contribution in [-0.2, 0) is 25.7 Å². The predicted molar refractivity (Wildman–Crippen MR) is 143 cm³/mol. The highest BCUT2D eigenvalue weighted by Gasteiger charge is 2.60. The molecule has 5 N–H and O–H groups in total. The smallest absolute Gasteiger partial charge is 0.353 e. The van der Waals surface area contributed by atoms with Crippen LogP contribution in [0.1, 0.15) is 20.3 Å². The fraction of sp³-hybridized carbons (Fsp3) is 0.708. The second kappa shape index (κ2) is 11.8. The lowest BCUT2D eigenvalue weighted by Gasteiger charge is -2.47. The van der Waals surface area contributed by atoms with Gasteiger partial charge < -0.3 is 31.3 Å². The number of piperazine rings is 1. The highest BCUT2D eigenvalue weighted by molar-refractivity contribution is 8.03. The van der Waals surface area contributed by atoms with Crippen molar-refractivity contribution < 1.29 is 24.3 Å². The minimum Gasteiger partial charge on any atom is -0.477 e. The second-order valence-corrected chi connectivity index (χ2v) is 12.1. The van der Waals surface area contributed by atoms with E-state index in [1.807, 2.05) is 11.8 Å². The third kappa shape index (κ3) is 5.44. The molecule has 0 saturated carbocycles. The van der Waals surface area contributed by atoms with Crippen molar-refractivity contribution in [2.24, 2.45) is 17.6 Å². The Morgan fingerprint density at radius 2 is 2.02 bits per heavy atom. The minimum absolute atomic E-state index is 0.0000490. The van der Waals surface area contributed by atoms with Crippen molar-refractivity contribution >= 4 is 35.5 Å². The number of aromatic nitrogens is 4. The molecule has 4 aliphatic heterocycles. The molecule has 3 fully saturated rings. The normalized spacial score (nSPS) is 29.4. The van der Waals surface area contributed by atoms with Gasteiger partial charge in [0.2, 0.25) is 17.7 Å². The molecule has 1 aromatic rings. The number of carbonyl (C=O) groups is 4. The molecular weight excluding hydrogens is 540 g/mol. The number of nitrogens with zero attached hydrogens (tertiary/aromatic N) is 7. The SMILES string of the molecule is CC(NC(=O)Cn1cnnn1)C1C(=O)N2C(C(=O)O)=C(S[C@@H]3CNC(C(=O)N4CCN(CCN)CC4)C3)C(C)C12. The van der Waals surface area contributed by atoms with E-state index in [4.69, 9.17) is 5.73 Å². The van der Waals surface area contributed by atoms with Gasteiger partial charge in [-0.2, -0.15) is 0 Å². The summed E-state index contributed by atoms with van der Waals surface area (Å²) in [5.41, 5.74) is 5.66. The van der Waals surface area contributed by atoms with Gasteiger partial charge in [-0.15, -0.1) is 16.9 Å². The second-order valence-electron chi connectivity index (χ2n) is 10.8. The van der Waals surface area contributed by atoms with Gasteiger partial charge in [-0.3, -0.25) is 19.3 Å². The lowest BCUT2D eigenvalue weighted by molar-refractivity contribution is -0.158. The van der Waals surface area contributed by atoms with Crippen LogP contribution in [0.5, 0.6) is 0 Å². The highest BCUT2D eigenvalue weighted by atomic mass is 32.2. The van der Waals surface area contributed by atoms with Gasteiger partial charge in [0.15, 0.2) is 0 Å². The van der Waals surface area contributed by atoms with Crippen LogP contribution in [-0.4, -0.2) is 133 Å². The molecule has 0 bridgehead atoms. The Bertz CT molecular complexity index is 1170. The number of rotatable bonds is 10. The van der Waals surface area contributed by atoms with E-state index in [0.29, 0.717) is 37.5 Å². The Kier molecular flexibility index (Phi) is 8.39. The summed E-state index contributed by atoms with van der Waals surface area (Å²) in [7, 11) is 0. The molecule has 3 saturated heterocycles. The molecule has 5 heterocycles. The van der Waals surface area contributed by atoms with Crippen LogP contribution in [0, 0.1) is 11.8 Å². The summed E-state index contributed by atoms with van der Waals surface area (Å²) < 4.78 is 1.28. The largest absolute Gasteiger partial charge is 0.477 e. The van der Waals surface area contributed by atoms with E-state index in [9.17, 15) is 24.3 Å². The van der Waals surface area contributed by atoms with Crippen molar-refractivity contribution in [2.45, 2.75) is 50.2 Å². The molecule has 1 aromatic heterocycles. The van der Waals surface area contributed by atoms with Crippen LogP contribution < -0.4 is 16.4 Å². The van der Waals surface area contributed by atoms with Crippen LogP contribution in [0.15, 0.2) is 16.9 Å². The van der Waals surface area contributed by atoms with E-state index in [0.717, 1.165) is 19.6 Å². The van der Waals surface area contributed by atoms with Gasteiger partial charge in [0.1, 0.15) is 18.6 Å². The standard InChI is InChI=1S/C24H36N10O5S/c1-13-19-18(14(2)28-17(35)11-33-12-27-29-30-33)23(37)34(19)20(24(38)39)21(13)40-15-9-16(26-10-15)22(36)32-7-5-31(4-3-25)6-8-32/h12-16,18-19,26H,3-11,25H2,1-2H3,(H,28,35)(H,38,39)/t13?,14?,15-,16?,18?,19?/m0/s1. The van der Waals surface area contributed by atoms with Crippen LogP contribution in [0.4, 0.5) is 0 Å². The molecule has 4 aliphatic rings. The molecule has 3 amide bonds. The number of hydrogen-bond donors (Lipinski definition) is 4. The predicted octanol–water partition coefficient (Wildman–Crippen LogP) is -2.48. The van der Waals surface area contributed by atoms with Crippen molar-refractivity contribution in [3.8, 4) is 0 Å². The summed E-state index contributed by atoms with van der Waals surface area (Å²) in [6, 6.07) is -1.17. The monoisotopic (exact) mass is 576 g/mol. The van der Waals surface area contributed by atoms with Crippen molar-refractivity contribution in [1.82, 2.24) is 45.5 Å². The molecule has 218 valence electrons. The molecule has 0 spiro atoms. The van der Waals surface area contributed by atoms with Gasteiger partial charge >= 0.3 is 5.97 Å². The number of nitrogens with two attached hydrogens (primary N) is 1. The van der Waals surface area contributed by atoms with Crippen LogP contribution in [0.25, 0.3) is 0 Å². The van der Waals surface area contributed by atoms with Gasteiger partial charge in [0, 0.05) is 67.9 Å². The van der Waals surface area contributed by atoms with E-state index in [2.05, 4.69) is 31.1 Å². The van der Waals surface area contributed by atoms with Gasteiger partial charge in [0.05, 0.1) is 18.0 Å². The molecule has 5 rings (SSSR count). The summed E-state index contributed by atoms with van der Waals surface area (Å²) in [6.07, 6.45) is 1.91. The summed E-state index contributed by atoms with van der Waals surface area (Å²) in [4.78, 5) is 57.2. The Morgan fingerprint density at radius 1 is 1.27 bits per heavy atom. The van der Waals surface area contributed by atoms with E-state index in [-0.39, 0.29) is 53.2 Å². The Balaban J connectivity index is 1.19. The molecule has 15 nitrogen and oxygen atoms in total. The molecule has 6 atom stereocenters. The van der Waals surface area contributed by atoms with Crippen LogP contribution in [0.3, 0.4) is 0 Å². The Labute approximate surface area is 235 Å². The van der Waals surface area contributed by atoms with Crippen LogP contribution in [0.2, 0.25) is 0 Å². The third-order valence-corrected chi connectivity index (χ3v) is 9.74. The Morgan fingerprint density at radius 3 is 2.67 bits per heavy atom. The van der Waals surface area contributed by atoms with E-state index in [1.165, 1.54) is 27.7 Å². The average molecular weight is 577 g/mol. The van der Waals surface area contributed by atoms with Crippen molar-refractivity contribution in [3.05, 3.63) is 16.9 Å². The van der Waals surface area contributed by atoms with E-state index < -0.39 is 17.9 Å². The van der Waals surface area contributed by atoms with Gasteiger partial charge in [-0.25, -0.2) is 9.48 Å². The average Bonchev–Trinajstić information content (AvgIpc) is 3.65. The molecule has 0 aliphatic carbocycles. The summed E-state index contributed by atoms with van der Waals surface area (Å²) >= 11 is 1.45. The first-order valence-corrected chi connectivity index (χ1v) is 14.5. The number of β-lactam (4-membered cyclic amide) rings is 1.